The summed E-state index contributed by atoms with van der Waals surface area (Å²) in [7, 11) is 0. The van der Waals surface area contributed by atoms with Crippen molar-refractivity contribution in [1.82, 2.24) is 0 Å². The molecule has 0 aromatic carbocycles. The SMILES string of the molecule is O=C(O)CC1(CC(O)c2cc(Cl)sc2Cl)CCCC1. The molecule has 1 saturated carbocycles. The number of aliphatic hydroxyl groups excluding tert-OH is 1. The van der Waals surface area contributed by atoms with Crippen molar-refractivity contribution in [2.24, 2.45) is 5.41 Å². The van der Waals surface area contributed by atoms with Crippen LogP contribution in [0, 0.1) is 5.41 Å². The van der Waals surface area contributed by atoms with Gasteiger partial charge in [0.05, 0.1) is 16.9 Å². The number of halogens is 2. The van der Waals surface area contributed by atoms with E-state index in [-0.39, 0.29) is 11.8 Å². The summed E-state index contributed by atoms with van der Waals surface area (Å²) in [6, 6.07) is 1.67. The van der Waals surface area contributed by atoms with Crippen LogP contribution in [-0.4, -0.2) is 16.2 Å². The zero-order valence-electron chi connectivity index (χ0n) is 10.4. The van der Waals surface area contributed by atoms with Crippen LogP contribution in [0.25, 0.3) is 0 Å². The largest absolute Gasteiger partial charge is 0.481 e. The van der Waals surface area contributed by atoms with Crippen LogP contribution in [-0.2, 0) is 4.79 Å². The highest BCUT2D eigenvalue weighted by Crippen LogP contribution is 2.48. The maximum absolute atomic E-state index is 11.0. The number of rotatable bonds is 5. The lowest BCUT2D eigenvalue weighted by Crippen LogP contribution is -2.23. The molecule has 1 atom stereocenters. The smallest absolute Gasteiger partial charge is 0.303 e. The molecule has 1 fully saturated rings. The quantitative estimate of drug-likeness (QED) is 0.838. The third-order valence-corrected chi connectivity index (χ3v) is 5.38. The third-order valence-electron chi connectivity index (χ3n) is 3.86. The molecule has 0 bridgehead atoms. The van der Waals surface area contributed by atoms with E-state index in [9.17, 15) is 9.90 Å². The standard InChI is InChI=1S/C13H16Cl2O3S/c14-10-5-8(12(15)19-10)9(16)6-13(7-11(17)18)3-1-2-4-13/h5,9,16H,1-4,6-7H2,(H,17,18). The first-order valence-corrected chi connectivity index (χ1v) is 7.84. The average molecular weight is 323 g/mol. The first-order chi connectivity index (χ1) is 8.92. The molecule has 2 rings (SSSR count). The van der Waals surface area contributed by atoms with Crippen molar-refractivity contribution < 1.29 is 15.0 Å². The van der Waals surface area contributed by atoms with Crippen LogP contribution in [0.4, 0.5) is 0 Å². The highest BCUT2D eigenvalue weighted by Gasteiger charge is 2.38. The van der Waals surface area contributed by atoms with E-state index in [0.717, 1.165) is 25.7 Å². The Kier molecular flexibility index (Phi) is 4.77. The number of thiophene rings is 1. The number of hydrogen-bond donors (Lipinski definition) is 2. The van der Waals surface area contributed by atoms with Crippen LogP contribution in [0.2, 0.25) is 8.67 Å². The maximum Gasteiger partial charge on any atom is 0.303 e. The number of aliphatic carboxylic acids is 1. The van der Waals surface area contributed by atoms with E-state index < -0.39 is 12.1 Å². The van der Waals surface area contributed by atoms with E-state index >= 15 is 0 Å². The number of carboxylic acid groups (broad SMARTS) is 1. The van der Waals surface area contributed by atoms with Gasteiger partial charge < -0.3 is 10.2 Å². The molecule has 6 heteroatoms. The minimum Gasteiger partial charge on any atom is -0.481 e. The van der Waals surface area contributed by atoms with Crippen molar-refractivity contribution in [1.29, 1.82) is 0 Å². The third kappa shape index (κ3) is 3.63. The van der Waals surface area contributed by atoms with Crippen molar-refractivity contribution in [2.45, 2.75) is 44.6 Å². The molecule has 1 aromatic rings. The molecule has 1 aromatic heterocycles. The molecule has 1 aliphatic carbocycles. The van der Waals surface area contributed by atoms with E-state index in [4.69, 9.17) is 28.3 Å². The lowest BCUT2D eigenvalue weighted by molar-refractivity contribution is -0.140. The molecule has 0 amide bonds. The van der Waals surface area contributed by atoms with Gasteiger partial charge in [-0.25, -0.2) is 0 Å². The zero-order valence-corrected chi connectivity index (χ0v) is 12.7. The Morgan fingerprint density at radius 3 is 2.53 bits per heavy atom. The van der Waals surface area contributed by atoms with Gasteiger partial charge in [0.25, 0.3) is 0 Å². The van der Waals surface area contributed by atoms with E-state index in [1.165, 1.54) is 11.3 Å². The zero-order chi connectivity index (χ0) is 14.0. The fourth-order valence-corrected chi connectivity index (χ4v) is 4.57. The molecule has 1 heterocycles. The Hall–Kier alpha value is -0.290. The topological polar surface area (TPSA) is 57.5 Å². The average Bonchev–Trinajstić information content (AvgIpc) is 2.85. The van der Waals surface area contributed by atoms with Gasteiger partial charge in [-0.05, 0) is 30.7 Å². The van der Waals surface area contributed by atoms with E-state index in [1.54, 1.807) is 6.07 Å². The molecule has 0 radical (unpaired) electrons. The van der Waals surface area contributed by atoms with Crippen molar-refractivity contribution in [2.75, 3.05) is 0 Å². The molecule has 3 nitrogen and oxygen atoms in total. The number of carbonyl (C=O) groups is 1. The normalized spacial score (nSPS) is 19.5. The van der Waals surface area contributed by atoms with Crippen LogP contribution in [0.5, 0.6) is 0 Å². The molecule has 1 aliphatic rings. The number of aliphatic hydroxyl groups is 1. The highest BCUT2D eigenvalue weighted by atomic mass is 35.5. The van der Waals surface area contributed by atoms with E-state index in [1.807, 2.05) is 0 Å². The molecule has 2 N–H and O–H groups in total. The van der Waals surface area contributed by atoms with Gasteiger partial charge in [0.2, 0.25) is 0 Å². The van der Waals surface area contributed by atoms with Gasteiger partial charge in [0.15, 0.2) is 0 Å². The molecule has 0 spiro atoms. The summed E-state index contributed by atoms with van der Waals surface area (Å²) >= 11 is 13.1. The van der Waals surface area contributed by atoms with E-state index in [0.29, 0.717) is 20.7 Å². The van der Waals surface area contributed by atoms with Gasteiger partial charge in [0.1, 0.15) is 4.34 Å². The van der Waals surface area contributed by atoms with Gasteiger partial charge in [-0.1, -0.05) is 36.0 Å². The molecule has 0 aliphatic heterocycles. The molecule has 106 valence electrons. The Labute approximate surface area is 126 Å². The van der Waals surface area contributed by atoms with Gasteiger partial charge in [-0.2, -0.15) is 0 Å². The Bertz CT molecular complexity index is 466. The van der Waals surface area contributed by atoms with Crippen LogP contribution in [0.1, 0.15) is 50.2 Å². The second-order valence-corrected chi connectivity index (χ2v) is 7.56. The Balaban J connectivity index is 2.13. The summed E-state index contributed by atoms with van der Waals surface area (Å²) in [5.41, 5.74) is 0.316. The molecule has 1 unspecified atom stereocenters. The maximum atomic E-state index is 11.0. The second-order valence-electron chi connectivity index (χ2n) is 5.28. The van der Waals surface area contributed by atoms with Crippen LogP contribution in [0.3, 0.4) is 0 Å². The van der Waals surface area contributed by atoms with Crippen molar-refractivity contribution in [3.8, 4) is 0 Å². The predicted octanol–water partition coefficient (Wildman–Crippen LogP) is 4.51. The van der Waals surface area contributed by atoms with E-state index in [2.05, 4.69) is 0 Å². The fourth-order valence-electron chi connectivity index (χ4n) is 3.00. The van der Waals surface area contributed by atoms with Crippen molar-refractivity contribution in [3.05, 3.63) is 20.3 Å². The first kappa shape index (κ1) is 15.1. The Morgan fingerprint density at radius 2 is 2.05 bits per heavy atom. The summed E-state index contributed by atoms with van der Waals surface area (Å²) in [5, 5.41) is 19.4. The van der Waals surface area contributed by atoms with Gasteiger partial charge in [-0.3, -0.25) is 4.79 Å². The highest BCUT2D eigenvalue weighted by molar-refractivity contribution is 7.20. The summed E-state index contributed by atoms with van der Waals surface area (Å²) < 4.78 is 1.03. The molecular weight excluding hydrogens is 307 g/mol. The monoisotopic (exact) mass is 322 g/mol. The predicted molar refractivity (Wildman–Crippen MR) is 77.1 cm³/mol. The summed E-state index contributed by atoms with van der Waals surface area (Å²) in [4.78, 5) is 11.0. The summed E-state index contributed by atoms with van der Waals surface area (Å²) in [6.45, 7) is 0. The lowest BCUT2D eigenvalue weighted by Gasteiger charge is -2.29. The first-order valence-electron chi connectivity index (χ1n) is 6.26. The van der Waals surface area contributed by atoms with Gasteiger partial charge >= 0.3 is 5.97 Å². The second kappa shape index (κ2) is 6.00. The summed E-state index contributed by atoms with van der Waals surface area (Å²) in [6.07, 6.45) is 3.56. The Morgan fingerprint density at radius 1 is 1.42 bits per heavy atom. The lowest BCUT2D eigenvalue weighted by atomic mass is 9.77. The van der Waals surface area contributed by atoms with Gasteiger partial charge in [0, 0.05) is 5.56 Å². The minimum absolute atomic E-state index is 0.111. The van der Waals surface area contributed by atoms with Crippen molar-refractivity contribution in [3.63, 3.8) is 0 Å². The molecular formula is C13H16Cl2O3S. The minimum atomic E-state index is -0.802. The van der Waals surface area contributed by atoms with Crippen molar-refractivity contribution >= 4 is 40.5 Å². The number of carboxylic acids is 1. The fraction of sp³-hybridized carbons (Fsp3) is 0.615. The number of hydrogen-bond acceptors (Lipinski definition) is 3. The van der Waals surface area contributed by atoms with Crippen LogP contribution in [0.15, 0.2) is 6.07 Å². The molecule has 19 heavy (non-hydrogen) atoms. The van der Waals surface area contributed by atoms with Crippen LogP contribution < -0.4 is 0 Å². The molecule has 0 saturated heterocycles. The van der Waals surface area contributed by atoms with Crippen LogP contribution >= 0.6 is 34.5 Å². The summed E-state index contributed by atoms with van der Waals surface area (Å²) in [5.74, 6) is -0.802. The van der Waals surface area contributed by atoms with Gasteiger partial charge in [-0.15, -0.1) is 11.3 Å².